The fourth-order valence-electron chi connectivity index (χ4n) is 4.66. The molecule has 1 N–H and O–H groups in total. The van der Waals surface area contributed by atoms with E-state index in [1.807, 2.05) is 56.3 Å². The maximum absolute atomic E-state index is 13.5. The van der Waals surface area contributed by atoms with E-state index in [1.54, 1.807) is 24.3 Å². The van der Waals surface area contributed by atoms with Gasteiger partial charge in [0.2, 0.25) is 0 Å². The number of rotatable bonds is 5. The lowest BCUT2D eigenvalue weighted by molar-refractivity contribution is -0.132. The monoisotopic (exact) mass is 526 g/mol. The summed E-state index contributed by atoms with van der Waals surface area (Å²) in [5, 5.41) is 11.8. The van der Waals surface area contributed by atoms with Gasteiger partial charge in [0.25, 0.3) is 5.78 Å². The number of carbonyl (C=O) groups is 2. The van der Waals surface area contributed by atoms with Crippen molar-refractivity contribution in [1.82, 2.24) is 4.98 Å². The first kappa shape index (κ1) is 25.7. The number of amides is 1. The van der Waals surface area contributed by atoms with Crippen LogP contribution >= 0.6 is 11.3 Å². The van der Waals surface area contributed by atoms with Gasteiger partial charge in [-0.1, -0.05) is 62.4 Å². The van der Waals surface area contributed by atoms with Crippen molar-refractivity contribution in [1.29, 1.82) is 0 Å². The molecule has 0 unspecified atom stereocenters. The number of aromatic nitrogens is 1. The number of fused-ring (bicyclic) bond motifs is 1. The third-order valence-corrected chi connectivity index (χ3v) is 7.73. The zero-order chi connectivity index (χ0) is 27.2. The van der Waals surface area contributed by atoms with E-state index < -0.39 is 17.7 Å². The largest absolute Gasteiger partial charge is 0.507 e. The number of benzene rings is 3. The molecule has 0 aliphatic carbocycles. The second kappa shape index (κ2) is 9.72. The number of ketones is 1. The number of nitrogens with zero attached hydrogens (tertiary/aromatic N) is 2. The Kier molecular flexibility index (Phi) is 6.57. The summed E-state index contributed by atoms with van der Waals surface area (Å²) in [5.41, 5.74) is 4.10. The van der Waals surface area contributed by atoms with Crippen molar-refractivity contribution in [3.05, 3.63) is 94.6 Å². The summed E-state index contributed by atoms with van der Waals surface area (Å²) in [7, 11) is 0. The number of thiazole rings is 1. The molecule has 1 aliphatic heterocycles. The van der Waals surface area contributed by atoms with Gasteiger partial charge in [0.05, 0.1) is 28.4 Å². The lowest BCUT2D eigenvalue weighted by Gasteiger charge is -2.24. The summed E-state index contributed by atoms with van der Waals surface area (Å²) in [6.07, 6.45) is 0. The molecule has 0 saturated carbocycles. The van der Waals surface area contributed by atoms with Crippen LogP contribution in [0.4, 0.5) is 5.13 Å². The Bertz CT molecular complexity index is 1560. The molecule has 0 spiro atoms. The minimum absolute atomic E-state index is 0.0399. The van der Waals surface area contributed by atoms with Gasteiger partial charge in [-0.3, -0.25) is 14.5 Å². The van der Waals surface area contributed by atoms with Crippen LogP contribution in [0.15, 0.2) is 72.3 Å². The van der Waals surface area contributed by atoms with Gasteiger partial charge < -0.3 is 9.84 Å². The van der Waals surface area contributed by atoms with Crippen LogP contribution in [-0.2, 0) is 15.0 Å². The van der Waals surface area contributed by atoms with Gasteiger partial charge in [0.1, 0.15) is 11.5 Å². The Balaban J connectivity index is 1.68. The van der Waals surface area contributed by atoms with Crippen LogP contribution < -0.4 is 9.64 Å². The van der Waals surface area contributed by atoms with Crippen molar-refractivity contribution in [3.8, 4) is 5.75 Å². The number of aryl methyl sites for hydroxylation is 1. The van der Waals surface area contributed by atoms with Crippen LogP contribution in [0.25, 0.3) is 16.0 Å². The Morgan fingerprint density at radius 3 is 2.34 bits per heavy atom. The van der Waals surface area contributed by atoms with Crippen LogP contribution in [0.3, 0.4) is 0 Å². The second-order valence-corrected chi connectivity index (χ2v) is 11.5. The molecule has 1 amide bonds. The van der Waals surface area contributed by atoms with E-state index in [0.717, 1.165) is 26.9 Å². The van der Waals surface area contributed by atoms with Gasteiger partial charge >= 0.3 is 5.91 Å². The normalized spacial score (nSPS) is 17.4. The Morgan fingerprint density at radius 1 is 1.03 bits per heavy atom. The summed E-state index contributed by atoms with van der Waals surface area (Å²) in [4.78, 5) is 33.1. The highest BCUT2D eigenvalue weighted by Gasteiger charge is 2.48. The quantitative estimate of drug-likeness (QED) is 0.173. The molecule has 1 saturated heterocycles. The van der Waals surface area contributed by atoms with E-state index in [1.165, 1.54) is 16.2 Å². The lowest BCUT2D eigenvalue weighted by Crippen LogP contribution is -2.29. The molecule has 4 aromatic rings. The summed E-state index contributed by atoms with van der Waals surface area (Å²) < 4.78 is 6.44. The second-order valence-electron chi connectivity index (χ2n) is 10.5. The molecule has 3 aromatic carbocycles. The zero-order valence-corrected chi connectivity index (χ0v) is 22.9. The summed E-state index contributed by atoms with van der Waals surface area (Å²) in [6, 6.07) is 19.8. The third-order valence-electron chi connectivity index (χ3n) is 6.71. The number of ether oxygens (including phenoxy) is 1. The number of hydrogen-bond acceptors (Lipinski definition) is 6. The number of aliphatic hydroxyl groups excluding tert-OH is 1. The Morgan fingerprint density at radius 2 is 1.71 bits per heavy atom. The average Bonchev–Trinajstić information content (AvgIpc) is 3.41. The van der Waals surface area contributed by atoms with Gasteiger partial charge in [0, 0.05) is 5.56 Å². The van der Waals surface area contributed by atoms with Gasteiger partial charge in [0.15, 0.2) is 5.13 Å². The molecule has 7 heteroatoms. The standard InChI is InChI=1S/C31H30N2O4S/c1-6-37-22-14-10-20(11-15-22)27(34)25-26(19-8-12-21(13-9-19)31(3,4)5)33(29(36)28(25)35)30-32-23-16-7-18(2)17-24(23)38-30/h7-17,26,34H,6H2,1-5H3/t26-/m1/s1. The number of anilines is 1. The first-order chi connectivity index (χ1) is 18.1. The topological polar surface area (TPSA) is 79.7 Å². The minimum atomic E-state index is -0.822. The first-order valence-electron chi connectivity index (χ1n) is 12.6. The predicted molar refractivity (Wildman–Crippen MR) is 152 cm³/mol. The molecular weight excluding hydrogens is 496 g/mol. The van der Waals surface area contributed by atoms with Crippen molar-refractivity contribution >= 4 is 44.1 Å². The Hall–Kier alpha value is -3.97. The zero-order valence-electron chi connectivity index (χ0n) is 22.1. The van der Waals surface area contributed by atoms with E-state index in [9.17, 15) is 14.7 Å². The fourth-order valence-corrected chi connectivity index (χ4v) is 5.75. The first-order valence-corrected chi connectivity index (χ1v) is 13.4. The van der Waals surface area contributed by atoms with Crippen molar-refractivity contribution in [2.75, 3.05) is 11.5 Å². The van der Waals surface area contributed by atoms with Crippen LogP contribution in [0, 0.1) is 6.92 Å². The molecule has 1 aromatic heterocycles. The lowest BCUT2D eigenvalue weighted by atomic mass is 9.85. The summed E-state index contributed by atoms with van der Waals surface area (Å²) in [6.45, 7) is 10.8. The van der Waals surface area contributed by atoms with E-state index in [0.29, 0.717) is 23.1 Å². The molecule has 1 atom stereocenters. The number of carbonyl (C=O) groups excluding carboxylic acids is 2. The predicted octanol–water partition coefficient (Wildman–Crippen LogP) is 6.93. The van der Waals surface area contributed by atoms with E-state index in [-0.39, 0.29) is 16.7 Å². The molecule has 38 heavy (non-hydrogen) atoms. The third kappa shape index (κ3) is 4.58. The smallest absolute Gasteiger partial charge is 0.301 e. The summed E-state index contributed by atoms with van der Waals surface area (Å²) >= 11 is 1.36. The van der Waals surface area contributed by atoms with Crippen LogP contribution in [-0.4, -0.2) is 28.4 Å². The van der Waals surface area contributed by atoms with E-state index in [2.05, 4.69) is 20.8 Å². The maximum atomic E-state index is 13.5. The molecule has 1 aliphatic rings. The highest BCUT2D eigenvalue weighted by Crippen LogP contribution is 2.44. The molecule has 194 valence electrons. The van der Waals surface area contributed by atoms with Crippen LogP contribution in [0.5, 0.6) is 5.75 Å². The molecule has 1 fully saturated rings. The van der Waals surface area contributed by atoms with Gasteiger partial charge in [-0.25, -0.2) is 4.98 Å². The highest BCUT2D eigenvalue weighted by molar-refractivity contribution is 7.22. The molecule has 6 nitrogen and oxygen atoms in total. The van der Waals surface area contributed by atoms with Crippen molar-refractivity contribution in [3.63, 3.8) is 0 Å². The highest BCUT2D eigenvalue weighted by atomic mass is 32.1. The number of aliphatic hydroxyl groups is 1. The molecule has 0 radical (unpaired) electrons. The van der Waals surface area contributed by atoms with E-state index in [4.69, 9.17) is 9.72 Å². The van der Waals surface area contributed by atoms with Crippen LogP contribution in [0.1, 0.15) is 56.0 Å². The fraction of sp³-hybridized carbons (Fsp3) is 0.258. The number of Topliss-reactive ketones (excluding diaryl/α,β-unsaturated/α-hetero) is 1. The number of hydrogen-bond donors (Lipinski definition) is 1. The van der Waals surface area contributed by atoms with Crippen molar-refractivity contribution < 1.29 is 19.4 Å². The Labute approximate surface area is 226 Å². The average molecular weight is 527 g/mol. The molecular formula is C31H30N2O4S. The SMILES string of the molecule is CCOc1ccc(C(O)=C2C(=O)C(=O)N(c3nc4ccc(C)cc4s3)[C@@H]2c2ccc(C(C)(C)C)cc2)cc1. The van der Waals surface area contributed by atoms with Crippen molar-refractivity contribution in [2.45, 2.75) is 46.1 Å². The molecule has 0 bridgehead atoms. The van der Waals surface area contributed by atoms with Crippen LogP contribution in [0.2, 0.25) is 0 Å². The van der Waals surface area contributed by atoms with Gasteiger partial charge in [-0.2, -0.15) is 0 Å². The van der Waals surface area contributed by atoms with E-state index >= 15 is 0 Å². The molecule has 5 rings (SSSR count). The van der Waals surface area contributed by atoms with Gasteiger partial charge in [-0.05, 0) is 72.4 Å². The summed E-state index contributed by atoms with van der Waals surface area (Å²) in [5.74, 6) is -1.02. The maximum Gasteiger partial charge on any atom is 0.301 e. The molecule has 2 heterocycles. The van der Waals surface area contributed by atoms with Gasteiger partial charge in [-0.15, -0.1) is 0 Å². The van der Waals surface area contributed by atoms with Crippen molar-refractivity contribution in [2.24, 2.45) is 0 Å². The minimum Gasteiger partial charge on any atom is -0.507 e.